The fourth-order valence-corrected chi connectivity index (χ4v) is 16.7. The Kier molecular flexibility index (Phi) is 10.4. The van der Waals surface area contributed by atoms with Crippen molar-refractivity contribution in [3.63, 3.8) is 0 Å². The largest absolute Gasteiger partial charge is 0.603 e. The average molecular weight is 1180 g/mol. The molecule has 0 amide bonds. The van der Waals surface area contributed by atoms with Crippen LogP contribution in [0.5, 0.6) is 0 Å². The molecule has 0 saturated carbocycles. The number of nitrogens with two attached hydrogens (primary N) is 4. The quantitative estimate of drug-likeness (QED) is 0.154. The van der Waals surface area contributed by atoms with Gasteiger partial charge in [0.2, 0.25) is 11.9 Å². The zero-order chi connectivity index (χ0) is 58.6. The summed E-state index contributed by atoms with van der Waals surface area (Å²) >= 11 is 0. The first-order chi connectivity index (χ1) is 42.2. The van der Waals surface area contributed by atoms with Gasteiger partial charge in [-0.25, -0.2) is 39.9 Å². The van der Waals surface area contributed by atoms with Crippen LogP contribution >= 0.6 is 0 Å². The first-order valence-electron chi connectivity index (χ1n) is 28.2. The molecular weight excluding hydrogens is 1130 g/mol. The highest BCUT2D eigenvalue weighted by molar-refractivity contribution is 6.66. The predicted molar refractivity (Wildman–Crippen MR) is 317 cm³/mol. The van der Waals surface area contributed by atoms with Crippen LogP contribution in [0.25, 0.3) is 43.9 Å². The summed E-state index contributed by atoms with van der Waals surface area (Å²) in [5.74, 6) is 0.420. The number of nitrogen functional groups attached to an aromatic ring is 4. The van der Waals surface area contributed by atoms with Crippen molar-refractivity contribution in [2.24, 2.45) is 30.0 Å². The van der Waals surface area contributed by atoms with E-state index in [4.69, 9.17) is 90.2 Å². The Morgan fingerprint density at radius 3 is 1.26 bits per heavy atom. The van der Waals surface area contributed by atoms with Crippen LogP contribution in [-0.2, 0) is 37.3 Å². The number of ether oxygens (including phenoxy) is 6. The molecule has 0 radical (unpaired) electrons. The molecule has 4 aromatic carbocycles. The molecule has 28 nitrogen and oxygen atoms in total. The maximum atomic E-state index is 8.12. The highest BCUT2D eigenvalue weighted by atomic mass is 28.4. The van der Waals surface area contributed by atoms with E-state index in [1.807, 2.05) is 133 Å². The minimum atomic E-state index is -4.98. The smallest absolute Gasteiger partial charge is 0.382 e. The summed E-state index contributed by atoms with van der Waals surface area (Å²) in [6.07, 6.45) is -3.42. The number of amidine groups is 4. The summed E-state index contributed by atoms with van der Waals surface area (Å²) in [7, 11) is -4.98. The molecule has 0 spiro atoms. The Morgan fingerprint density at radius 1 is 0.460 bits per heavy atom. The molecule has 4 saturated heterocycles. The Bertz CT molecular complexity index is 4670. The fraction of sp³-hybridized carbons (Fsp3) is 0.276. The molecule has 434 valence electrons. The Morgan fingerprint density at radius 2 is 0.839 bits per heavy atom. The van der Waals surface area contributed by atoms with Crippen molar-refractivity contribution in [2.75, 3.05) is 36.1 Å². The summed E-state index contributed by atoms with van der Waals surface area (Å²) in [4.78, 5) is 59.7. The number of imidazole rings is 2. The fourth-order valence-electron chi connectivity index (χ4n) is 13.4. The van der Waals surface area contributed by atoms with Gasteiger partial charge in [-0.05, 0) is 27.7 Å². The van der Waals surface area contributed by atoms with Gasteiger partial charge in [0.05, 0.1) is 25.9 Å². The molecule has 6 bridgehead atoms. The third-order valence-corrected chi connectivity index (χ3v) is 20.0. The van der Waals surface area contributed by atoms with E-state index in [0.29, 0.717) is 89.8 Å². The van der Waals surface area contributed by atoms with Gasteiger partial charge >= 0.3 is 8.88 Å². The first-order valence-corrected chi connectivity index (χ1v) is 29.9. The van der Waals surface area contributed by atoms with E-state index >= 15 is 0 Å². The van der Waals surface area contributed by atoms with Crippen molar-refractivity contribution in [3.8, 4) is 0 Å². The zero-order valence-corrected chi connectivity index (χ0v) is 47.7. The molecular formula is C58H50N20O8Si. The second-order valence-electron chi connectivity index (χ2n) is 23.1. The lowest BCUT2D eigenvalue weighted by Crippen LogP contribution is -2.65. The summed E-state index contributed by atoms with van der Waals surface area (Å²) in [5, 5.41) is 2.82. The van der Waals surface area contributed by atoms with Gasteiger partial charge in [-0.1, -0.05) is 97.1 Å². The molecule has 29 heteroatoms. The SMILES string of the molecule is CC1(C)OC2C(CO[Si]3(OCC4OC(n5cnc6c(N)nc(N)nc65)C5OC(C)(C)OC45)n4c5c6ccccc6c4N=C4N=C(N=c6c7ccccc7c(n63)=NC3=NC(=N5)c5ccccc53)c3ccccc34)OC(n3cnc4c(N)nc(N)nc43)C2O1. The summed E-state index contributed by atoms with van der Waals surface area (Å²) < 4.78 is 65.2. The standard InChI is InChI=1S/C58H50N20O8Si/c1-57(2)83-37-33(81-53(39(37)85-57)75-23-63-35-41(59)65-55(61)73-51(35)75)21-79-87(80-22-34-38-40(86-58(3,4)84-38)54(82-34)76-24-64-36-42(60)66-56(62)74-52(36)76)77-47-29-17-9-10-18-30(29)49(77)71-45-27-15-7-8-16-28(27)46(68-45)72-50-32-20-12-11-19-31(32)48(78(50)87)70-44-26-14-6-5-13-25(26)43(67-44)69-47/h5-20,23-24,33-34,37-40,53-54H,21-22H2,1-4H3,(H4,59,61,65,73)(H4,60,62,66,74). The molecule has 10 aromatic rings. The van der Waals surface area contributed by atoms with E-state index in [0.717, 1.165) is 22.3 Å². The molecule has 8 aliphatic heterocycles. The lowest BCUT2D eigenvalue weighted by molar-refractivity contribution is -0.201. The first kappa shape index (κ1) is 50.7. The van der Waals surface area contributed by atoms with E-state index in [-0.39, 0.29) is 36.7 Å². The van der Waals surface area contributed by atoms with Gasteiger partial charge < -0.3 is 60.2 Å². The van der Waals surface area contributed by atoms with Gasteiger partial charge in [0, 0.05) is 43.8 Å². The molecule has 8 atom stereocenters. The van der Waals surface area contributed by atoms with E-state index < -0.39 is 69.5 Å². The van der Waals surface area contributed by atoms with Crippen LogP contribution < -0.4 is 33.9 Å². The van der Waals surface area contributed by atoms with Crippen molar-refractivity contribution in [1.29, 1.82) is 0 Å². The number of hydrogen-bond acceptors (Lipinski definition) is 24. The van der Waals surface area contributed by atoms with Crippen LogP contribution in [0.15, 0.2) is 140 Å². The molecule has 8 N–H and O–H groups in total. The number of aliphatic imine (C=N–C) groups is 4. The number of benzene rings is 4. The number of nitrogens with zero attached hydrogens (tertiary/aromatic N) is 16. The minimum Gasteiger partial charge on any atom is -0.382 e. The minimum absolute atomic E-state index is 0.0393. The third kappa shape index (κ3) is 7.33. The summed E-state index contributed by atoms with van der Waals surface area (Å²) in [6.45, 7) is 6.97. The van der Waals surface area contributed by atoms with Crippen LogP contribution in [0.1, 0.15) is 62.4 Å². The molecule has 0 aliphatic carbocycles. The predicted octanol–water partition coefficient (Wildman–Crippen LogP) is 4.25. The number of aromatic nitrogens is 10. The van der Waals surface area contributed by atoms with E-state index in [2.05, 4.69) is 29.9 Å². The topological polar surface area (TPSA) is 349 Å². The van der Waals surface area contributed by atoms with Crippen LogP contribution in [0, 0.1) is 0 Å². The van der Waals surface area contributed by atoms with Crippen molar-refractivity contribution in [1.82, 2.24) is 47.5 Å². The molecule has 4 fully saturated rings. The summed E-state index contributed by atoms with van der Waals surface area (Å²) in [6, 6.07) is 31.7. The molecule has 14 heterocycles. The Labute approximate surface area is 491 Å². The maximum absolute atomic E-state index is 8.12. The van der Waals surface area contributed by atoms with Crippen LogP contribution in [0.3, 0.4) is 0 Å². The maximum Gasteiger partial charge on any atom is 0.603 e. The van der Waals surface area contributed by atoms with Gasteiger partial charge in [0.15, 0.2) is 70.3 Å². The molecule has 8 aliphatic rings. The van der Waals surface area contributed by atoms with E-state index in [1.165, 1.54) is 0 Å². The van der Waals surface area contributed by atoms with E-state index in [1.54, 1.807) is 21.8 Å². The lowest BCUT2D eigenvalue weighted by Gasteiger charge is -2.35. The van der Waals surface area contributed by atoms with Gasteiger partial charge in [0.1, 0.15) is 70.3 Å². The number of rotatable bonds is 8. The van der Waals surface area contributed by atoms with Crippen molar-refractivity contribution in [3.05, 3.63) is 143 Å². The lowest BCUT2D eigenvalue weighted by atomic mass is 10.1. The summed E-state index contributed by atoms with van der Waals surface area (Å²) in [5.41, 5.74) is 30.4. The van der Waals surface area contributed by atoms with Gasteiger partial charge in [-0.2, -0.15) is 19.9 Å². The monoisotopic (exact) mass is 1180 g/mol. The highest BCUT2D eigenvalue weighted by Crippen LogP contribution is 2.49. The van der Waals surface area contributed by atoms with Gasteiger partial charge in [-0.15, -0.1) is 0 Å². The molecule has 87 heavy (non-hydrogen) atoms. The Hall–Kier alpha value is -9.56. The van der Waals surface area contributed by atoms with Gasteiger partial charge in [-0.3, -0.25) is 17.6 Å². The molecule has 6 aromatic heterocycles. The number of fused-ring (bicyclic) bond motifs is 18. The number of hydrogen-bond donors (Lipinski definition) is 4. The zero-order valence-electron chi connectivity index (χ0n) is 46.7. The Balaban J connectivity index is 0.909. The average Bonchev–Trinajstić information content (AvgIpc) is 1.59. The molecule has 8 unspecified atom stereocenters. The van der Waals surface area contributed by atoms with Crippen LogP contribution in [-0.4, -0.2) is 141 Å². The second-order valence-corrected chi connectivity index (χ2v) is 25.7. The highest BCUT2D eigenvalue weighted by Gasteiger charge is 2.62. The van der Waals surface area contributed by atoms with Gasteiger partial charge in [0.25, 0.3) is 0 Å². The second kappa shape index (κ2) is 17.8. The van der Waals surface area contributed by atoms with Crippen molar-refractivity contribution in [2.45, 2.75) is 88.3 Å². The van der Waals surface area contributed by atoms with Crippen molar-refractivity contribution >= 4 is 111 Å². The van der Waals surface area contributed by atoms with Crippen LogP contribution in [0.4, 0.5) is 35.2 Å². The third-order valence-electron chi connectivity index (χ3n) is 16.9. The molecule has 18 rings (SSSR count). The normalized spacial score (nSPS) is 26.7. The van der Waals surface area contributed by atoms with E-state index in [9.17, 15) is 0 Å². The number of anilines is 4. The van der Waals surface area contributed by atoms with Crippen molar-refractivity contribution < 1.29 is 37.3 Å². The van der Waals surface area contributed by atoms with Crippen LogP contribution in [0.2, 0.25) is 0 Å².